The van der Waals surface area contributed by atoms with Crippen LogP contribution in [0.2, 0.25) is 0 Å². The molecule has 1 aliphatic heterocycles. The normalized spacial score (nSPS) is 21.2. The molecule has 1 fully saturated rings. The molecule has 2 rings (SSSR count). The number of primary sulfonamides is 1. The molecule has 1 saturated heterocycles. The molecular weight excluding hydrogens is 298 g/mol. The molecule has 1 aromatic rings. The minimum Gasteiger partial charge on any atom is -0.333 e. The number of amides is 1. The Morgan fingerprint density at radius 1 is 1.45 bits per heavy atom. The van der Waals surface area contributed by atoms with Crippen molar-refractivity contribution in [1.29, 1.82) is 0 Å². The summed E-state index contributed by atoms with van der Waals surface area (Å²) >= 11 is 0.953. The van der Waals surface area contributed by atoms with E-state index in [0.717, 1.165) is 24.4 Å². The van der Waals surface area contributed by atoms with E-state index in [4.69, 9.17) is 5.14 Å². The van der Waals surface area contributed by atoms with Gasteiger partial charge >= 0.3 is 0 Å². The largest absolute Gasteiger partial charge is 0.333 e. The fourth-order valence-corrected chi connectivity index (χ4v) is 4.29. The van der Waals surface area contributed by atoms with E-state index in [9.17, 15) is 13.2 Å². The van der Waals surface area contributed by atoms with Crippen LogP contribution in [0.4, 0.5) is 0 Å². The quantitative estimate of drug-likeness (QED) is 0.860. The van der Waals surface area contributed by atoms with Crippen LogP contribution in [0.1, 0.15) is 22.2 Å². The molecule has 0 unspecified atom stereocenters. The minimum atomic E-state index is -3.75. The second-order valence-corrected chi connectivity index (χ2v) is 8.07. The number of likely N-dealkylation sites (N-methyl/N-ethyl adjacent to an activating group) is 1. The van der Waals surface area contributed by atoms with Crippen LogP contribution in [-0.2, 0) is 10.0 Å². The molecule has 2 heterocycles. The molecule has 1 atom stereocenters. The second-order valence-electron chi connectivity index (χ2n) is 5.23. The standard InChI is InChI=1S/C12H19N3O3S2/c1-8-6-10(20(13,17)18)19-11(8)12(16)15-5-4-14(3)7-9(15)2/h6,9H,4-5,7H2,1-3H3,(H2,13,17,18)/t9-/m0/s1. The first kappa shape index (κ1) is 15.4. The average Bonchev–Trinajstić information content (AvgIpc) is 2.70. The van der Waals surface area contributed by atoms with Gasteiger partial charge in [0.1, 0.15) is 4.21 Å². The maximum Gasteiger partial charge on any atom is 0.264 e. The number of nitrogens with zero attached hydrogens (tertiary/aromatic N) is 2. The summed E-state index contributed by atoms with van der Waals surface area (Å²) in [6.45, 7) is 6.02. The third-order valence-corrected chi connectivity index (χ3v) is 6.11. The molecule has 20 heavy (non-hydrogen) atoms. The molecule has 0 spiro atoms. The third kappa shape index (κ3) is 3.03. The molecule has 0 radical (unpaired) electrons. The van der Waals surface area contributed by atoms with E-state index < -0.39 is 10.0 Å². The van der Waals surface area contributed by atoms with Crippen molar-refractivity contribution in [2.45, 2.75) is 24.1 Å². The molecule has 6 nitrogen and oxygen atoms in total. The van der Waals surface area contributed by atoms with Crippen LogP contribution in [-0.4, -0.2) is 56.8 Å². The van der Waals surface area contributed by atoms with Crippen LogP contribution in [0, 0.1) is 6.92 Å². The van der Waals surface area contributed by atoms with Gasteiger partial charge in [-0.05, 0) is 32.5 Å². The van der Waals surface area contributed by atoms with Gasteiger partial charge in [-0.3, -0.25) is 4.79 Å². The molecule has 1 amide bonds. The Bertz CT molecular complexity index is 624. The Balaban J connectivity index is 2.28. The zero-order valence-electron chi connectivity index (χ0n) is 11.8. The van der Waals surface area contributed by atoms with Gasteiger partial charge in [-0.15, -0.1) is 11.3 Å². The van der Waals surface area contributed by atoms with Crippen molar-refractivity contribution in [3.63, 3.8) is 0 Å². The lowest BCUT2D eigenvalue weighted by Crippen LogP contribution is -2.52. The SMILES string of the molecule is Cc1cc(S(N)(=O)=O)sc1C(=O)N1CCN(C)C[C@@H]1C. The maximum atomic E-state index is 12.6. The summed E-state index contributed by atoms with van der Waals surface area (Å²) in [5.74, 6) is -0.108. The first-order chi connectivity index (χ1) is 9.20. The van der Waals surface area contributed by atoms with Crippen molar-refractivity contribution in [3.05, 3.63) is 16.5 Å². The van der Waals surface area contributed by atoms with Crippen molar-refractivity contribution < 1.29 is 13.2 Å². The molecule has 2 N–H and O–H groups in total. The number of thiophene rings is 1. The zero-order chi connectivity index (χ0) is 15.1. The highest BCUT2D eigenvalue weighted by atomic mass is 32.2. The predicted octanol–water partition coefficient (Wildman–Crippen LogP) is 0.480. The van der Waals surface area contributed by atoms with Crippen LogP contribution in [0.5, 0.6) is 0 Å². The number of carbonyl (C=O) groups is 1. The maximum absolute atomic E-state index is 12.6. The van der Waals surface area contributed by atoms with E-state index in [1.807, 2.05) is 14.0 Å². The topological polar surface area (TPSA) is 83.7 Å². The number of hydrogen-bond donors (Lipinski definition) is 1. The van der Waals surface area contributed by atoms with Crippen LogP contribution in [0.15, 0.2) is 10.3 Å². The zero-order valence-corrected chi connectivity index (χ0v) is 13.4. The van der Waals surface area contributed by atoms with Gasteiger partial charge in [-0.2, -0.15) is 0 Å². The van der Waals surface area contributed by atoms with Crippen molar-refractivity contribution in [3.8, 4) is 0 Å². The van der Waals surface area contributed by atoms with Gasteiger partial charge < -0.3 is 9.80 Å². The minimum absolute atomic E-state index is 0.0418. The number of aryl methyl sites for hydroxylation is 1. The van der Waals surface area contributed by atoms with Gasteiger partial charge in [0.15, 0.2) is 0 Å². The number of rotatable bonds is 2. The van der Waals surface area contributed by atoms with Crippen LogP contribution < -0.4 is 5.14 Å². The number of hydrogen-bond acceptors (Lipinski definition) is 5. The van der Waals surface area contributed by atoms with E-state index in [-0.39, 0.29) is 16.2 Å². The first-order valence-electron chi connectivity index (χ1n) is 6.33. The molecule has 8 heteroatoms. The van der Waals surface area contributed by atoms with E-state index in [1.54, 1.807) is 11.8 Å². The molecule has 0 aromatic carbocycles. The lowest BCUT2D eigenvalue weighted by Gasteiger charge is -2.38. The summed E-state index contributed by atoms with van der Waals surface area (Å²) in [6, 6.07) is 1.58. The van der Waals surface area contributed by atoms with Gasteiger partial charge in [0, 0.05) is 25.7 Å². The predicted molar refractivity (Wildman–Crippen MR) is 78.4 cm³/mol. The monoisotopic (exact) mass is 317 g/mol. The summed E-state index contributed by atoms with van der Waals surface area (Å²) < 4.78 is 22.8. The van der Waals surface area contributed by atoms with Gasteiger partial charge in [0.2, 0.25) is 10.0 Å². The van der Waals surface area contributed by atoms with Gasteiger partial charge in [0.25, 0.3) is 5.91 Å². The molecular formula is C12H19N3O3S2. The Labute approximate surface area is 123 Å². The van der Waals surface area contributed by atoms with Crippen molar-refractivity contribution in [1.82, 2.24) is 9.80 Å². The molecule has 0 bridgehead atoms. The fourth-order valence-electron chi connectivity index (χ4n) is 2.38. The van der Waals surface area contributed by atoms with Crippen molar-refractivity contribution in [2.75, 3.05) is 26.7 Å². The highest BCUT2D eigenvalue weighted by Crippen LogP contribution is 2.27. The van der Waals surface area contributed by atoms with E-state index >= 15 is 0 Å². The highest BCUT2D eigenvalue weighted by Gasteiger charge is 2.29. The van der Waals surface area contributed by atoms with E-state index in [0.29, 0.717) is 17.0 Å². The average molecular weight is 317 g/mol. The molecule has 112 valence electrons. The Hall–Kier alpha value is -0.960. The third-order valence-electron chi connectivity index (χ3n) is 3.46. The summed E-state index contributed by atoms with van der Waals surface area (Å²) in [6.07, 6.45) is 0. The first-order valence-corrected chi connectivity index (χ1v) is 8.69. The Morgan fingerprint density at radius 3 is 2.60 bits per heavy atom. The van der Waals surface area contributed by atoms with Crippen LogP contribution in [0.3, 0.4) is 0 Å². The highest BCUT2D eigenvalue weighted by molar-refractivity contribution is 7.91. The van der Waals surface area contributed by atoms with Crippen molar-refractivity contribution >= 4 is 27.3 Å². The van der Waals surface area contributed by atoms with Crippen LogP contribution in [0.25, 0.3) is 0 Å². The van der Waals surface area contributed by atoms with Crippen molar-refractivity contribution in [2.24, 2.45) is 5.14 Å². The van der Waals surface area contributed by atoms with Crippen LogP contribution >= 0.6 is 11.3 Å². The Morgan fingerprint density at radius 2 is 2.10 bits per heavy atom. The number of piperazine rings is 1. The van der Waals surface area contributed by atoms with Gasteiger partial charge in [-0.25, -0.2) is 13.6 Å². The van der Waals surface area contributed by atoms with Gasteiger partial charge in [0.05, 0.1) is 4.88 Å². The molecule has 0 aliphatic carbocycles. The fraction of sp³-hybridized carbons (Fsp3) is 0.583. The van der Waals surface area contributed by atoms with E-state index in [1.165, 1.54) is 6.07 Å². The summed E-state index contributed by atoms with van der Waals surface area (Å²) in [7, 11) is -1.73. The molecule has 0 saturated carbocycles. The lowest BCUT2D eigenvalue weighted by atomic mass is 10.1. The smallest absolute Gasteiger partial charge is 0.264 e. The lowest BCUT2D eigenvalue weighted by molar-refractivity contribution is 0.0538. The molecule has 1 aromatic heterocycles. The number of sulfonamides is 1. The number of nitrogens with two attached hydrogens (primary N) is 1. The summed E-state index contributed by atoms with van der Waals surface area (Å²) in [5.41, 5.74) is 0.662. The second kappa shape index (κ2) is 5.44. The van der Waals surface area contributed by atoms with Gasteiger partial charge in [-0.1, -0.05) is 0 Å². The summed E-state index contributed by atoms with van der Waals surface area (Å²) in [4.78, 5) is 17.0. The number of carbonyl (C=O) groups excluding carboxylic acids is 1. The molecule has 1 aliphatic rings. The Kier molecular flexibility index (Phi) is 4.19. The van der Waals surface area contributed by atoms with E-state index in [2.05, 4.69) is 4.90 Å². The summed E-state index contributed by atoms with van der Waals surface area (Å²) in [5, 5.41) is 5.11.